The van der Waals surface area contributed by atoms with E-state index < -0.39 is 5.82 Å². The fraction of sp³-hybridized carbons (Fsp3) is 0.500. The molecular weight excluding hydrogens is 215 g/mol. The summed E-state index contributed by atoms with van der Waals surface area (Å²) in [7, 11) is 0. The lowest BCUT2D eigenvalue weighted by Gasteiger charge is -2.30. The molecule has 1 aromatic carbocycles. The van der Waals surface area contributed by atoms with Crippen LogP contribution >= 0.6 is 11.6 Å². The summed E-state index contributed by atoms with van der Waals surface area (Å²) in [5.41, 5.74) is 0.816. The summed E-state index contributed by atoms with van der Waals surface area (Å²) in [6, 6.07) is 4.72. The minimum atomic E-state index is -0.407. The highest BCUT2D eigenvalue weighted by molar-refractivity contribution is 6.30. The highest BCUT2D eigenvalue weighted by atomic mass is 35.5. The van der Waals surface area contributed by atoms with E-state index in [9.17, 15) is 9.50 Å². The molecule has 0 bridgehead atoms. The summed E-state index contributed by atoms with van der Waals surface area (Å²) in [4.78, 5) is 0. The van der Waals surface area contributed by atoms with Crippen LogP contribution in [0, 0.1) is 11.7 Å². The fourth-order valence-corrected chi connectivity index (χ4v) is 2.02. The summed E-state index contributed by atoms with van der Waals surface area (Å²) in [5.74, 6) is -0.00119. The van der Waals surface area contributed by atoms with Gasteiger partial charge in [0.05, 0.1) is 11.1 Å². The van der Waals surface area contributed by atoms with Crippen LogP contribution in [-0.4, -0.2) is 11.2 Å². The Morgan fingerprint density at radius 2 is 2.20 bits per heavy atom. The summed E-state index contributed by atoms with van der Waals surface area (Å²) in [6.07, 6.45) is 3.59. The molecule has 1 aliphatic carbocycles. The molecule has 0 heterocycles. The Kier molecular flexibility index (Phi) is 3.27. The maximum Gasteiger partial charge on any atom is 0.142 e. The number of hydrogen-bond donors (Lipinski definition) is 1. The molecular formula is C12H14ClFO. The molecule has 1 saturated carbocycles. The molecule has 1 atom stereocenters. The second-order valence-corrected chi connectivity index (χ2v) is 4.62. The molecule has 82 valence electrons. The Balaban J connectivity index is 2.00. The van der Waals surface area contributed by atoms with Crippen molar-refractivity contribution in [2.45, 2.75) is 31.8 Å². The number of halogens is 2. The van der Waals surface area contributed by atoms with Gasteiger partial charge in [0, 0.05) is 0 Å². The van der Waals surface area contributed by atoms with E-state index in [4.69, 9.17) is 11.6 Å². The van der Waals surface area contributed by atoms with Crippen LogP contribution in [0.15, 0.2) is 18.2 Å². The molecule has 1 fully saturated rings. The molecule has 0 amide bonds. The molecule has 0 spiro atoms. The molecule has 1 N–H and O–H groups in total. The van der Waals surface area contributed by atoms with Gasteiger partial charge in [-0.1, -0.05) is 24.1 Å². The predicted octanol–water partition coefficient (Wildman–Crippen LogP) is 3.18. The van der Waals surface area contributed by atoms with Gasteiger partial charge in [-0.3, -0.25) is 0 Å². The Bertz CT molecular complexity index is 349. The lowest BCUT2D eigenvalue weighted by molar-refractivity contribution is 0.0629. The average molecular weight is 229 g/mol. The van der Waals surface area contributed by atoms with E-state index in [2.05, 4.69) is 0 Å². The van der Waals surface area contributed by atoms with E-state index in [1.54, 1.807) is 12.1 Å². The topological polar surface area (TPSA) is 20.2 Å². The number of rotatable bonds is 3. The minimum absolute atomic E-state index is 0.136. The van der Waals surface area contributed by atoms with Crippen LogP contribution in [0.1, 0.15) is 24.8 Å². The maximum atomic E-state index is 13.1. The fourth-order valence-electron chi connectivity index (χ4n) is 1.90. The quantitative estimate of drug-likeness (QED) is 0.843. The van der Waals surface area contributed by atoms with Gasteiger partial charge in [-0.25, -0.2) is 4.39 Å². The number of benzene rings is 1. The van der Waals surface area contributed by atoms with E-state index in [1.807, 2.05) is 0 Å². The molecule has 1 aliphatic rings. The van der Waals surface area contributed by atoms with Crippen molar-refractivity contribution in [2.75, 3.05) is 0 Å². The lowest BCUT2D eigenvalue weighted by atomic mass is 9.79. The van der Waals surface area contributed by atoms with Crippen LogP contribution in [0.3, 0.4) is 0 Å². The third kappa shape index (κ3) is 2.50. The van der Waals surface area contributed by atoms with Crippen molar-refractivity contribution in [3.63, 3.8) is 0 Å². The first-order valence-electron chi connectivity index (χ1n) is 5.29. The van der Waals surface area contributed by atoms with Gasteiger partial charge in [-0.15, -0.1) is 0 Å². The van der Waals surface area contributed by atoms with Crippen LogP contribution in [0.2, 0.25) is 5.02 Å². The Hall–Kier alpha value is -0.600. The molecule has 0 aliphatic heterocycles. The maximum absolute atomic E-state index is 13.1. The molecule has 0 radical (unpaired) electrons. The largest absolute Gasteiger partial charge is 0.392 e. The summed E-state index contributed by atoms with van der Waals surface area (Å²) < 4.78 is 13.1. The van der Waals surface area contributed by atoms with Crippen LogP contribution in [0.4, 0.5) is 4.39 Å². The van der Waals surface area contributed by atoms with Gasteiger partial charge < -0.3 is 5.11 Å². The van der Waals surface area contributed by atoms with Crippen molar-refractivity contribution < 1.29 is 9.50 Å². The van der Waals surface area contributed by atoms with Crippen molar-refractivity contribution in [1.29, 1.82) is 0 Å². The number of aliphatic hydroxyl groups is 1. The molecule has 15 heavy (non-hydrogen) atoms. The lowest BCUT2D eigenvalue weighted by Crippen LogP contribution is -2.28. The second kappa shape index (κ2) is 4.50. The monoisotopic (exact) mass is 228 g/mol. The highest BCUT2D eigenvalue weighted by Crippen LogP contribution is 2.31. The highest BCUT2D eigenvalue weighted by Gasteiger charge is 2.25. The van der Waals surface area contributed by atoms with Gasteiger partial charge in [0.1, 0.15) is 5.82 Å². The Morgan fingerprint density at radius 1 is 1.47 bits per heavy atom. The Morgan fingerprint density at radius 3 is 2.73 bits per heavy atom. The first-order chi connectivity index (χ1) is 7.16. The summed E-state index contributed by atoms with van der Waals surface area (Å²) in [5, 5.41) is 9.96. The van der Waals surface area contributed by atoms with E-state index in [0.29, 0.717) is 12.3 Å². The van der Waals surface area contributed by atoms with E-state index in [-0.39, 0.29) is 11.1 Å². The van der Waals surface area contributed by atoms with Gasteiger partial charge in [0.2, 0.25) is 0 Å². The average Bonchev–Trinajstić information content (AvgIpc) is 2.08. The smallest absolute Gasteiger partial charge is 0.142 e. The SMILES string of the molecule is OC(Cc1ccc(Cl)c(F)c1)C1CCC1. The zero-order valence-corrected chi connectivity index (χ0v) is 9.17. The predicted molar refractivity (Wildman–Crippen MR) is 58.5 cm³/mol. The normalized spacial score (nSPS) is 18.6. The number of hydrogen-bond acceptors (Lipinski definition) is 1. The van der Waals surface area contributed by atoms with E-state index >= 15 is 0 Å². The molecule has 1 aromatic rings. The third-order valence-electron chi connectivity index (χ3n) is 3.12. The molecule has 0 saturated heterocycles. The molecule has 1 unspecified atom stereocenters. The standard InChI is InChI=1S/C12H14ClFO/c13-10-5-4-8(6-11(10)14)7-12(15)9-2-1-3-9/h4-6,9,12,15H,1-3,7H2. The Labute approximate surface area is 93.9 Å². The molecule has 2 rings (SSSR count). The molecule has 1 nitrogen and oxygen atoms in total. The van der Waals surface area contributed by atoms with Crippen molar-refractivity contribution in [3.05, 3.63) is 34.6 Å². The van der Waals surface area contributed by atoms with Gasteiger partial charge in [0.25, 0.3) is 0 Å². The first kappa shape index (κ1) is 10.9. The number of aliphatic hydroxyl groups excluding tert-OH is 1. The van der Waals surface area contributed by atoms with Crippen molar-refractivity contribution >= 4 is 11.6 Å². The van der Waals surface area contributed by atoms with Crippen molar-refractivity contribution in [3.8, 4) is 0 Å². The van der Waals surface area contributed by atoms with Crippen LogP contribution < -0.4 is 0 Å². The van der Waals surface area contributed by atoms with Crippen LogP contribution in [-0.2, 0) is 6.42 Å². The van der Waals surface area contributed by atoms with Crippen molar-refractivity contribution in [2.24, 2.45) is 5.92 Å². The molecule has 3 heteroatoms. The first-order valence-corrected chi connectivity index (χ1v) is 5.66. The van der Waals surface area contributed by atoms with E-state index in [0.717, 1.165) is 18.4 Å². The van der Waals surface area contributed by atoms with E-state index in [1.165, 1.54) is 12.5 Å². The zero-order valence-electron chi connectivity index (χ0n) is 8.42. The second-order valence-electron chi connectivity index (χ2n) is 4.21. The summed E-state index contributed by atoms with van der Waals surface area (Å²) >= 11 is 5.58. The zero-order chi connectivity index (χ0) is 10.8. The van der Waals surface area contributed by atoms with Crippen molar-refractivity contribution in [1.82, 2.24) is 0 Å². The van der Waals surface area contributed by atoms with Gasteiger partial charge >= 0.3 is 0 Å². The summed E-state index contributed by atoms with van der Waals surface area (Å²) in [6.45, 7) is 0. The van der Waals surface area contributed by atoms with Crippen LogP contribution in [0.5, 0.6) is 0 Å². The molecule has 0 aromatic heterocycles. The van der Waals surface area contributed by atoms with Gasteiger partial charge in [-0.2, -0.15) is 0 Å². The third-order valence-corrected chi connectivity index (χ3v) is 3.43. The minimum Gasteiger partial charge on any atom is -0.392 e. The van der Waals surface area contributed by atoms with Crippen LogP contribution in [0.25, 0.3) is 0 Å². The van der Waals surface area contributed by atoms with Gasteiger partial charge in [0.15, 0.2) is 0 Å². The van der Waals surface area contributed by atoms with Gasteiger partial charge in [-0.05, 0) is 42.9 Å².